The molecule has 2 N–H and O–H groups in total. The average molecular weight is 259 g/mol. The third-order valence-corrected chi connectivity index (χ3v) is 3.14. The molecule has 0 amide bonds. The molecular weight excluding hydrogens is 242 g/mol. The first kappa shape index (κ1) is 13.2. The van der Waals surface area contributed by atoms with Gasteiger partial charge in [0, 0.05) is 11.3 Å². The van der Waals surface area contributed by atoms with Gasteiger partial charge in [-0.2, -0.15) is 0 Å². The van der Waals surface area contributed by atoms with Gasteiger partial charge >= 0.3 is 5.97 Å². The number of hydrogen-bond donors (Lipinski definition) is 2. The predicted octanol–water partition coefficient (Wildman–Crippen LogP) is 3.52. The zero-order valence-electron chi connectivity index (χ0n) is 11.3. The van der Waals surface area contributed by atoms with Gasteiger partial charge in [-0.15, -0.1) is 0 Å². The molecule has 0 aliphatic heterocycles. The molecule has 0 atom stereocenters. The van der Waals surface area contributed by atoms with E-state index in [4.69, 9.17) is 9.52 Å². The van der Waals surface area contributed by atoms with Crippen molar-refractivity contribution in [1.29, 1.82) is 0 Å². The lowest BCUT2D eigenvalue weighted by atomic mass is 10.1. The van der Waals surface area contributed by atoms with Crippen molar-refractivity contribution in [3.63, 3.8) is 0 Å². The van der Waals surface area contributed by atoms with Crippen LogP contribution in [0, 0.1) is 20.8 Å². The van der Waals surface area contributed by atoms with Gasteiger partial charge in [0.1, 0.15) is 5.76 Å². The van der Waals surface area contributed by atoms with E-state index < -0.39 is 5.97 Å². The van der Waals surface area contributed by atoms with Gasteiger partial charge in [-0.3, -0.25) is 0 Å². The lowest BCUT2D eigenvalue weighted by Crippen LogP contribution is -1.99. The third kappa shape index (κ3) is 2.96. The van der Waals surface area contributed by atoms with Crippen molar-refractivity contribution in [3.05, 3.63) is 52.5 Å². The van der Waals surface area contributed by atoms with E-state index in [2.05, 4.69) is 25.2 Å². The highest BCUT2D eigenvalue weighted by atomic mass is 16.4. The van der Waals surface area contributed by atoms with E-state index in [0.717, 1.165) is 5.69 Å². The largest absolute Gasteiger partial charge is 0.475 e. The number of aryl methyl sites for hydroxylation is 3. The summed E-state index contributed by atoms with van der Waals surface area (Å²) in [5.74, 6) is -0.403. The van der Waals surface area contributed by atoms with Crippen molar-refractivity contribution < 1.29 is 14.3 Å². The van der Waals surface area contributed by atoms with Crippen LogP contribution in [0.5, 0.6) is 0 Å². The minimum Gasteiger partial charge on any atom is -0.475 e. The molecule has 0 bridgehead atoms. The van der Waals surface area contributed by atoms with Crippen LogP contribution in [0.25, 0.3) is 0 Å². The van der Waals surface area contributed by atoms with Crippen LogP contribution in [0.15, 0.2) is 28.7 Å². The first-order chi connectivity index (χ1) is 8.97. The SMILES string of the molecule is Cc1ccc(NCc2cc(C)c(C(=O)O)o2)cc1C. The topological polar surface area (TPSA) is 62.5 Å². The van der Waals surface area contributed by atoms with Gasteiger partial charge in [0.25, 0.3) is 0 Å². The number of furan rings is 1. The molecule has 0 fully saturated rings. The first-order valence-corrected chi connectivity index (χ1v) is 6.11. The molecule has 19 heavy (non-hydrogen) atoms. The molecule has 0 unspecified atom stereocenters. The van der Waals surface area contributed by atoms with E-state index in [1.165, 1.54) is 11.1 Å². The van der Waals surface area contributed by atoms with Gasteiger partial charge in [0.15, 0.2) is 0 Å². The minimum absolute atomic E-state index is 0.0110. The standard InChI is InChI=1S/C15H17NO3/c1-9-4-5-12(6-10(9)2)16-8-13-7-11(3)14(19-13)15(17)18/h4-7,16H,8H2,1-3H3,(H,17,18). The highest BCUT2D eigenvalue weighted by Crippen LogP contribution is 2.18. The van der Waals surface area contributed by atoms with Gasteiger partial charge in [-0.05, 0) is 50.1 Å². The molecule has 1 aromatic heterocycles. The summed E-state index contributed by atoms with van der Waals surface area (Å²) in [6.07, 6.45) is 0. The highest BCUT2D eigenvalue weighted by Gasteiger charge is 2.13. The van der Waals surface area contributed by atoms with Crippen molar-refractivity contribution in [2.75, 3.05) is 5.32 Å². The summed E-state index contributed by atoms with van der Waals surface area (Å²) in [5, 5.41) is 12.1. The quantitative estimate of drug-likeness (QED) is 0.881. The number of aromatic carboxylic acids is 1. The van der Waals surface area contributed by atoms with Crippen LogP contribution >= 0.6 is 0 Å². The Balaban J connectivity index is 2.08. The number of nitrogens with one attached hydrogen (secondary N) is 1. The summed E-state index contributed by atoms with van der Waals surface area (Å²) in [4.78, 5) is 10.9. The first-order valence-electron chi connectivity index (χ1n) is 6.11. The Morgan fingerprint density at radius 3 is 2.47 bits per heavy atom. The summed E-state index contributed by atoms with van der Waals surface area (Å²) < 4.78 is 5.29. The van der Waals surface area contributed by atoms with Crippen LogP contribution in [0.4, 0.5) is 5.69 Å². The molecule has 0 saturated heterocycles. The summed E-state index contributed by atoms with van der Waals surface area (Å²) >= 11 is 0. The van der Waals surface area contributed by atoms with E-state index in [-0.39, 0.29) is 5.76 Å². The Kier molecular flexibility index (Phi) is 3.60. The highest BCUT2D eigenvalue weighted by molar-refractivity contribution is 5.86. The molecule has 0 aliphatic carbocycles. The molecular formula is C15H17NO3. The van der Waals surface area contributed by atoms with Crippen molar-refractivity contribution >= 4 is 11.7 Å². The number of carboxylic acids is 1. The van der Waals surface area contributed by atoms with E-state index in [0.29, 0.717) is 17.9 Å². The molecule has 100 valence electrons. The van der Waals surface area contributed by atoms with Crippen LogP contribution in [0.3, 0.4) is 0 Å². The maximum absolute atomic E-state index is 10.9. The second-order valence-corrected chi connectivity index (χ2v) is 4.68. The predicted molar refractivity (Wildman–Crippen MR) is 73.6 cm³/mol. The van der Waals surface area contributed by atoms with Crippen LogP contribution < -0.4 is 5.32 Å². The van der Waals surface area contributed by atoms with Crippen LogP contribution in [-0.4, -0.2) is 11.1 Å². The number of hydrogen-bond acceptors (Lipinski definition) is 3. The summed E-state index contributed by atoms with van der Waals surface area (Å²) in [6.45, 7) is 6.32. The van der Waals surface area contributed by atoms with E-state index in [9.17, 15) is 4.79 Å². The molecule has 0 saturated carbocycles. The molecule has 0 aliphatic rings. The minimum atomic E-state index is -1.03. The Morgan fingerprint density at radius 2 is 1.89 bits per heavy atom. The third-order valence-electron chi connectivity index (χ3n) is 3.14. The van der Waals surface area contributed by atoms with E-state index >= 15 is 0 Å². The maximum atomic E-state index is 10.9. The van der Waals surface area contributed by atoms with Crippen molar-refractivity contribution in [3.8, 4) is 0 Å². The van der Waals surface area contributed by atoms with Gasteiger partial charge < -0.3 is 14.8 Å². The summed E-state index contributed by atoms with van der Waals surface area (Å²) in [7, 11) is 0. The van der Waals surface area contributed by atoms with Gasteiger partial charge in [-0.25, -0.2) is 4.79 Å². The average Bonchev–Trinajstić information content (AvgIpc) is 2.72. The molecule has 4 heteroatoms. The molecule has 4 nitrogen and oxygen atoms in total. The molecule has 1 heterocycles. The Labute approximate surface area is 112 Å². The fourth-order valence-corrected chi connectivity index (χ4v) is 1.89. The number of carbonyl (C=O) groups is 1. The zero-order chi connectivity index (χ0) is 14.0. The smallest absolute Gasteiger partial charge is 0.372 e. The van der Waals surface area contributed by atoms with Gasteiger partial charge in [0.05, 0.1) is 6.54 Å². The zero-order valence-corrected chi connectivity index (χ0v) is 11.3. The maximum Gasteiger partial charge on any atom is 0.372 e. The van der Waals surface area contributed by atoms with E-state index in [1.54, 1.807) is 13.0 Å². The number of benzene rings is 1. The van der Waals surface area contributed by atoms with Crippen LogP contribution in [0.1, 0.15) is 33.0 Å². The Bertz CT molecular complexity index is 614. The van der Waals surface area contributed by atoms with Crippen molar-refractivity contribution in [1.82, 2.24) is 0 Å². The number of anilines is 1. The molecule has 0 spiro atoms. The lowest BCUT2D eigenvalue weighted by Gasteiger charge is -2.07. The van der Waals surface area contributed by atoms with Crippen molar-refractivity contribution in [2.45, 2.75) is 27.3 Å². The summed E-state index contributed by atoms with van der Waals surface area (Å²) in [5.41, 5.74) is 4.10. The van der Waals surface area contributed by atoms with Gasteiger partial charge in [0.2, 0.25) is 5.76 Å². The normalized spacial score (nSPS) is 10.5. The van der Waals surface area contributed by atoms with E-state index in [1.807, 2.05) is 12.1 Å². The Hall–Kier alpha value is -2.23. The Morgan fingerprint density at radius 1 is 1.16 bits per heavy atom. The monoisotopic (exact) mass is 259 g/mol. The van der Waals surface area contributed by atoms with Gasteiger partial charge in [-0.1, -0.05) is 6.07 Å². The van der Waals surface area contributed by atoms with Crippen LogP contribution in [0.2, 0.25) is 0 Å². The fraction of sp³-hybridized carbons (Fsp3) is 0.267. The lowest BCUT2D eigenvalue weighted by molar-refractivity contribution is 0.0659. The molecule has 2 aromatic rings. The molecule has 1 aromatic carbocycles. The molecule has 0 radical (unpaired) electrons. The second kappa shape index (κ2) is 5.18. The number of carboxylic acid groups (broad SMARTS) is 1. The number of rotatable bonds is 4. The van der Waals surface area contributed by atoms with Crippen molar-refractivity contribution in [2.24, 2.45) is 0 Å². The van der Waals surface area contributed by atoms with Crippen LogP contribution in [-0.2, 0) is 6.54 Å². The second-order valence-electron chi connectivity index (χ2n) is 4.68. The fourth-order valence-electron chi connectivity index (χ4n) is 1.89. The molecule has 2 rings (SSSR count). The summed E-state index contributed by atoms with van der Waals surface area (Å²) in [6, 6.07) is 7.85.